The molecule has 0 spiro atoms. The first-order valence-electron chi connectivity index (χ1n) is 7.52. The Kier molecular flexibility index (Phi) is 3.72. The second kappa shape index (κ2) is 5.20. The van der Waals surface area contributed by atoms with Gasteiger partial charge in [-0.15, -0.1) is 0 Å². The highest BCUT2D eigenvalue weighted by Crippen LogP contribution is 2.45. The minimum atomic E-state index is -4.54. The van der Waals surface area contributed by atoms with Gasteiger partial charge in [-0.25, -0.2) is 4.39 Å². The molecule has 2 bridgehead atoms. The van der Waals surface area contributed by atoms with E-state index in [1.165, 1.54) is 0 Å². The maximum absolute atomic E-state index is 14.1. The van der Waals surface area contributed by atoms with Crippen molar-refractivity contribution in [2.75, 3.05) is 7.05 Å². The Bertz CT molecular complexity index is 558. The van der Waals surface area contributed by atoms with E-state index in [0.717, 1.165) is 37.5 Å². The molecule has 6 heteroatoms. The Labute approximate surface area is 126 Å². The molecule has 0 radical (unpaired) electrons. The smallest absolute Gasteiger partial charge is 0.385 e. The number of rotatable bonds is 1. The second-order valence-electron chi connectivity index (χ2n) is 6.54. The molecule has 2 atom stereocenters. The summed E-state index contributed by atoms with van der Waals surface area (Å²) in [7, 11) is 1.97. The van der Waals surface area contributed by atoms with Crippen molar-refractivity contribution in [2.45, 2.75) is 56.0 Å². The zero-order valence-corrected chi connectivity index (χ0v) is 12.3. The molecule has 2 unspecified atom stereocenters. The van der Waals surface area contributed by atoms with Crippen LogP contribution in [0.2, 0.25) is 0 Å². The van der Waals surface area contributed by atoms with Crippen LogP contribution in [0.15, 0.2) is 18.2 Å². The van der Waals surface area contributed by atoms with E-state index in [4.69, 9.17) is 0 Å². The van der Waals surface area contributed by atoms with Crippen LogP contribution >= 0.6 is 0 Å². The van der Waals surface area contributed by atoms with Gasteiger partial charge in [-0.05, 0) is 50.9 Å². The minimum absolute atomic E-state index is 0.0893. The van der Waals surface area contributed by atoms with E-state index >= 15 is 0 Å². The number of hydrogen-bond acceptors (Lipinski definition) is 2. The van der Waals surface area contributed by atoms with E-state index in [9.17, 15) is 22.7 Å². The molecule has 1 N–H and O–H groups in total. The molecule has 0 amide bonds. The van der Waals surface area contributed by atoms with Crippen LogP contribution in [0.5, 0.6) is 0 Å². The lowest BCUT2D eigenvalue weighted by Crippen LogP contribution is -2.55. The fourth-order valence-corrected chi connectivity index (χ4v) is 3.93. The van der Waals surface area contributed by atoms with Crippen molar-refractivity contribution in [3.05, 3.63) is 35.1 Å². The van der Waals surface area contributed by atoms with E-state index in [2.05, 4.69) is 4.90 Å². The van der Waals surface area contributed by atoms with Gasteiger partial charge in [0.15, 0.2) is 0 Å². The van der Waals surface area contributed by atoms with Crippen molar-refractivity contribution in [2.24, 2.45) is 0 Å². The first-order chi connectivity index (χ1) is 10.2. The molecule has 2 fully saturated rings. The molecule has 3 rings (SSSR count). The van der Waals surface area contributed by atoms with E-state index in [-0.39, 0.29) is 30.5 Å². The number of aliphatic hydroxyl groups is 1. The summed E-state index contributed by atoms with van der Waals surface area (Å²) >= 11 is 0. The van der Waals surface area contributed by atoms with Crippen molar-refractivity contribution in [1.82, 2.24) is 4.90 Å². The van der Waals surface area contributed by atoms with Crippen LogP contribution in [0.1, 0.15) is 43.2 Å². The lowest BCUT2D eigenvalue weighted by Gasteiger charge is -2.50. The van der Waals surface area contributed by atoms with E-state index < -0.39 is 23.2 Å². The van der Waals surface area contributed by atoms with Crippen molar-refractivity contribution in [1.29, 1.82) is 0 Å². The van der Waals surface area contributed by atoms with Crippen LogP contribution in [0, 0.1) is 5.82 Å². The summed E-state index contributed by atoms with van der Waals surface area (Å²) in [6.45, 7) is 0. The average molecular weight is 317 g/mol. The van der Waals surface area contributed by atoms with Gasteiger partial charge in [0.25, 0.3) is 0 Å². The predicted octanol–water partition coefficient (Wildman–Crippen LogP) is 3.68. The van der Waals surface area contributed by atoms with E-state index in [1.54, 1.807) is 0 Å². The number of hydrogen-bond donors (Lipinski definition) is 1. The largest absolute Gasteiger partial charge is 0.416 e. The molecule has 2 nitrogen and oxygen atoms in total. The lowest BCUT2D eigenvalue weighted by molar-refractivity contribution is -0.138. The highest BCUT2D eigenvalue weighted by atomic mass is 19.4. The van der Waals surface area contributed by atoms with Gasteiger partial charge in [-0.2, -0.15) is 13.2 Å². The first-order valence-corrected chi connectivity index (χ1v) is 7.52. The van der Waals surface area contributed by atoms with Gasteiger partial charge in [0, 0.05) is 17.6 Å². The van der Waals surface area contributed by atoms with E-state index in [1.807, 2.05) is 7.05 Å². The second-order valence-corrected chi connectivity index (χ2v) is 6.54. The van der Waals surface area contributed by atoms with Gasteiger partial charge in [0.1, 0.15) is 5.82 Å². The van der Waals surface area contributed by atoms with Crippen LogP contribution in [0.3, 0.4) is 0 Å². The van der Waals surface area contributed by atoms with Gasteiger partial charge < -0.3 is 10.0 Å². The Morgan fingerprint density at radius 1 is 1.18 bits per heavy atom. The van der Waals surface area contributed by atoms with Crippen LogP contribution < -0.4 is 0 Å². The third-order valence-corrected chi connectivity index (χ3v) is 5.17. The van der Waals surface area contributed by atoms with Crippen LogP contribution in [-0.2, 0) is 11.8 Å². The molecule has 0 aromatic heterocycles. The van der Waals surface area contributed by atoms with Gasteiger partial charge >= 0.3 is 6.18 Å². The van der Waals surface area contributed by atoms with Crippen LogP contribution in [0.25, 0.3) is 0 Å². The molecule has 22 heavy (non-hydrogen) atoms. The summed E-state index contributed by atoms with van der Waals surface area (Å²) in [5, 5.41) is 10.9. The van der Waals surface area contributed by atoms with Crippen molar-refractivity contribution in [3.8, 4) is 0 Å². The fraction of sp³-hybridized carbons (Fsp3) is 0.625. The first kappa shape index (κ1) is 15.7. The molecular weight excluding hydrogens is 298 g/mol. The van der Waals surface area contributed by atoms with Crippen molar-refractivity contribution >= 4 is 0 Å². The molecule has 1 aromatic rings. The molecule has 1 aromatic carbocycles. The summed E-state index contributed by atoms with van der Waals surface area (Å²) in [5.41, 5.74) is -2.65. The Hall–Kier alpha value is -1.14. The Balaban J connectivity index is 1.99. The molecular formula is C16H19F4NO. The van der Waals surface area contributed by atoms with E-state index in [0.29, 0.717) is 0 Å². The van der Waals surface area contributed by atoms with Gasteiger partial charge in [0.2, 0.25) is 0 Å². The van der Waals surface area contributed by atoms with Gasteiger partial charge in [-0.3, -0.25) is 0 Å². The quantitative estimate of drug-likeness (QED) is 0.799. The number of nitrogens with zero attached hydrogens (tertiary/aromatic N) is 1. The molecule has 2 aliphatic heterocycles. The zero-order chi connectivity index (χ0) is 16.1. The third-order valence-electron chi connectivity index (χ3n) is 5.17. The number of fused-ring (bicyclic) bond motifs is 2. The number of alkyl halides is 3. The van der Waals surface area contributed by atoms with Crippen molar-refractivity contribution in [3.63, 3.8) is 0 Å². The number of piperidine rings is 2. The summed E-state index contributed by atoms with van der Waals surface area (Å²) in [6.07, 6.45) is -1.18. The summed E-state index contributed by atoms with van der Waals surface area (Å²) in [4.78, 5) is 2.17. The zero-order valence-electron chi connectivity index (χ0n) is 12.3. The summed E-state index contributed by atoms with van der Waals surface area (Å²) in [5.74, 6) is -0.766. The molecule has 2 saturated heterocycles. The Morgan fingerprint density at radius 2 is 1.77 bits per heavy atom. The van der Waals surface area contributed by atoms with Gasteiger partial charge in [-0.1, -0.05) is 6.42 Å². The standard InChI is InChI=1S/C16H19F4NO/c1-21-11-3-2-4-12(21)9-15(22,8-11)13-7-10(16(18,19)20)5-6-14(13)17/h5-7,11-12,22H,2-4,8-9H2,1H3. The topological polar surface area (TPSA) is 23.5 Å². The monoisotopic (exact) mass is 317 g/mol. The third kappa shape index (κ3) is 2.63. The number of benzene rings is 1. The van der Waals surface area contributed by atoms with Gasteiger partial charge in [0.05, 0.1) is 11.2 Å². The molecule has 2 aliphatic rings. The lowest BCUT2D eigenvalue weighted by atomic mass is 9.72. The highest BCUT2D eigenvalue weighted by Gasteiger charge is 2.46. The Morgan fingerprint density at radius 3 is 2.32 bits per heavy atom. The molecule has 2 heterocycles. The van der Waals surface area contributed by atoms with Crippen LogP contribution in [0.4, 0.5) is 17.6 Å². The predicted molar refractivity (Wildman–Crippen MR) is 73.7 cm³/mol. The average Bonchev–Trinajstić information content (AvgIpc) is 2.40. The molecule has 0 aliphatic carbocycles. The van der Waals surface area contributed by atoms with Crippen molar-refractivity contribution < 1.29 is 22.7 Å². The highest BCUT2D eigenvalue weighted by molar-refractivity contribution is 5.32. The number of halogens is 4. The SMILES string of the molecule is CN1C2CCCC1CC(O)(c1cc(C(F)(F)F)ccc1F)C2. The summed E-state index contributed by atoms with van der Waals surface area (Å²) in [6, 6.07) is 2.48. The maximum Gasteiger partial charge on any atom is 0.416 e. The van der Waals surface area contributed by atoms with Crippen LogP contribution in [-0.4, -0.2) is 29.1 Å². The molecule has 0 saturated carbocycles. The summed E-state index contributed by atoms with van der Waals surface area (Å²) < 4.78 is 52.7. The maximum atomic E-state index is 14.1. The normalized spacial score (nSPS) is 33.0. The minimum Gasteiger partial charge on any atom is -0.385 e. The molecule has 122 valence electrons. The fourth-order valence-electron chi connectivity index (χ4n) is 3.93.